The summed E-state index contributed by atoms with van der Waals surface area (Å²) in [6, 6.07) is 4.93. The molecule has 17 heavy (non-hydrogen) atoms. The highest BCUT2D eigenvalue weighted by Gasteiger charge is 2.13. The summed E-state index contributed by atoms with van der Waals surface area (Å²) in [5.41, 5.74) is 1.05. The van der Waals surface area contributed by atoms with Crippen molar-refractivity contribution in [2.24, 2.45) is 0 Å². The van der Waals surface area contributed by atoms with Crippen LogP contribution in [0.4, 0.5) is 0 Å². The molecular formula is C12H12BrClO3. The lowest BCUT2D eigenvalue weighted by molar-refractivity contribution is -0.115. The average molecular weight is 320 g/mol. The van der Waals surface area contributed by atoms with E-state index in [0.29, 0.717) is 22.5 Å². The van der Waals surface area contributed by atoms with Crippen LogP contribution in [0.1, 0.15) is 22.8 Å². The quantitative estimate of drug-likeness (QED) is 0.619. The van der Waals surface area contributed by atoms with Crippen LogP contribution in [0.2, 0.25) is 5.02 Å². The Morgan fingerprint density at radius 1 is 1.41 bits per heavy atom. The van der Waals surface area contributed by atoms with Crippen molar-refractivity contribution in [3.8, 4) is 0 Å². The molecule has 0 spiro atoms. The second-order valence-electron chi connectivity index (χ2n) is 3.38. The molecule has 0 saturated carbocycles. The van der Waals surface area contributed by atoms with Gasteiger partial charge in [-0.2, -0.15) is 0 Å². The van der Waals surface area contributed by atoms with Gasteiger partial charge in [0.2, 0.25) is 0 Å². The van der Waals surface area contributed by atoms with Crippen LogP contribution in [0.5, 0.6) is 0 Å². The molecule has 0 atom stereocenters. The van der Waals surface area contributed by atoms with Crippen LogP contribution >= 0.6 is 27.5 Å². The largest absolute Gasteiger partial charge is 0.462 e. The van der Waals surface area contributed by atoms with Gasteiger partial charge in [-0.05, 0) is 24.6 Å². The van der Waals surface area contributed by atoms with E-state index in [1.54, 1.807) is 25.1 Å². The summed E-state index contributed by atoms with van der Waals surface area (Å²) in [4.78, 5) is 22.8. The van der Waals surface area contributed by atoms with Gasteiger partial charge in [0.15, 0.2) is 0 Å². The molecule has 0 amide bonds. The minimum atomic E-state index is -0.467. The number of halogens is 2. The van der Waals surface area contributed by atoms with Crippen molar-refractivity contribution in [1.82, 2.24) is 0 Å². The number of carbonyl (C=O) groups is 2. The van der Waals surface area contributed by atoms with E-state index >= 15 is 0 Å². The van der Waals surface area contributed by atoms with E-state index in [1.165, 1.54) is 0 Å². The van der Waals surface area contributed by atoms with Gasteiger partial charge in [-0.1, -0.05) is 33.6 Å². The van der Waals surface area contributed by atoms with Gasteiger partial charge in [-0.25, -0.2) is 4.79 Å². The summed E-state index contributed by atoms with van der Waals surface area (Å²) < 4.78 is 4.88. The maximum Gasteiger partial charge on any atom is 0.339 e. The lowest BCUT2D eigenvalue weighted by atomic mass is 10.1. The molecular weight excluding hydrogens is 307 g/mol. The van der Waals surface area contributed by atoms with Crippen molar-refractivity contribution < 1.29 is 14.3 Å². The van der Waals surface area contributed by atoms with Crippen molar-refractivity contribution in [3.05, 3.63) is 34.3 Å². The Morgan fingerprint density at radius 2 is 2.12 bits per heavy atom. The van der Waals surface area contributed by atoms with Crippen LogP contribution in [-0.2, 0) is 16.0 Å². The van der Waals surface area contributed by atoms with Gasteiger partial charge in [-0.15, -0.1) is 0 Å². The number of ether oxygens (including phenoxy) is 1. The van der Waals surface area contributed by atoms with Crippen molar-refractivity contribution in [2.45, 2.75) is 13.3 Å². The zero-order valence-corrected chi connectivity index (χ0v) is 11.7. The molecule has 1 rings (SSSR count). The second-order valence-corrected chi connectivity index (χ2v) is 4.35. The Hall–Kier alpha value is -0.870. The van der Waals surface area contributed by atoms with Gasteiger partial charge in [0.1, 0.15) is 5.78 Å². The molecule has 5 heteroatoms. The standard InChI is InChI=1S/C12H12BrClO3/c1-2-17-12(16)10-6-8(3-4-11(10)14)5-9(15)7-13/h3-4,6H,2,5,7H2,1H3. The zero-order valence-electron chi connectivity index (χ0n) is 9.33. The Kier molecular flexibility index (Phi) is 5.65. The molecule has 92 valence electrons. The first-order valence-corrected chi connectivity index (χ1v) is 6.61. The molecule has 0 N–H and O–H groups in total. The number of ketones is 1. The molecule has 1 aromatic carbocycles. The Labute approximate surface area is 113 Å². The Balaban J connectivity index is 2.94. The van der Waals surface area contributed by atoms with Gasteiger partial charge >= 0.3 is 5.97 Å². The average Bonchev–Trinajstić information content (AvgIpc) is 2.31. The molecule has 0 heterocycles. The molecule has 0 fully saturated rings. The summed E-state index contributed by atoms with van der Waals surface area (Å²) in [6.07, 6.45) is 0.273. The summed E-state index contributed by atoms with van der Waals surface area (Å²) in [5, 5.41) is 0.628. The number of benzene rings is 1. The first-order chi connectivity index (χ1) is 8.08. The fraction of sp³-hybridized carbons (Fsp3) is 0.333. The molecule has 0 saturated heterocycles. The van der Waals surface area contributed by atoms with Crippen LogP contribution in [0.3, 0.4) is 0 Å². The summed E-state index contributed by atoms with van der Waals surface area (Å²) in [5.74, 6) is -0.423. The highest BCUT2D eigenvalue weighted by molar-refractivity contribution is 9.09. The smallest absolute Gasteiger partial charge is 0.339 e. The number of hydrogen-bond acceptors (Lipinski definition) is 3. The van der Waals surface area contributed by atoms with Crippen LogP contribution in [0.15, 0.2) is 18.2 Å². The van der Waals surface area contributed by atoms with Crippen LogP contribution in [0.25, 0.3) is 0 Å². The van der Waals surface area contributed by atoms with E-state index in [2.05, 4.69) is 15.9 Å². The van der Waals surface area contributed by atoms with Gasteiger partial charge < -0.3 is 4.74 Å². The molecule has 1 aromatic rings. The minimum absolute atomic E-state index is 0.0436. The molecule has 0 bridgehead atoms. The number of hydrogen-bond donors (Lipinski definition) is 0. The molecule has 0 radical (unpaired) electrons. The number of alkyl halides is 1. The zero-order chi connectivity index (χ0) is 12.8. The summed E-state index contributed by atoms with van der Waals surface area (Å²) in [6.45, 7) is 2.02. The highest BCUT2D eigenvalue weighted by atomic mass is 79.9. The van der Waals surface area contributed by atoms with Gasteiger partial charge in [-0.3, -0.25) is 4.79 Å². The van der Waals surface area contributed by atoms with Crippen LogP contribution in [0, 0.1) is 0 Å². The van der Waals surface area contributed by atoms with Crippen molar-refractivity contribution in [1.29, 1.82) is 0 Å². The van der Waals surface area contributed by atoms with Crippen molar-refractivity contribution in [3.63, 3.8) is 0 Å². The van der Waals surface area contributed by atoms with Crippen LogP contribution < -0.4 is 0 Å². The van der Waals surface area contributed by atoms with Crippen molar-refractivity contribution in [2.75, 3.05) is 11.9 Å². The van der Waals surface area contributed by atoms with E-state index in [4.69, 9.17) is 16.3 Å². The number of rotatable bonds is 5. The van der Waals surface area contributed by atoms with Gasteiger partial charge in [0, 0.05) is 6.42 Å². The fourth-order valence-electron chi connectivity index (χ4n) is 1.32. The molecule has 0 unspecified atom stereocenters. The third kappa shape index (κ3) is 4.13. The maximum atomic E-state index is 11.6. The third-order valence-corrected chi connectivity index (χ3v) is 3.03. The number of carbonyl (C=O) groups excluding carboxylic acids is 2. The number of esters is 1. The molecule has 3 nitrogen and oxygen atoms in total. The Bertz CT molecular complexity index is 432. The predicted octanol–water partition coefficient (Wildman–Crippen LogP) is 3.02. The van der Waals surface area contributed by atoms with E-state index in [0.717, 1.165) is 5.56 Å². The van der Waals surface area contributed by atoms with E-state index in [1.807, 2.05) is 0 Å². The minimum Gasteiger partial charge on any atom is -0.462 e. The normalized spacial score (nSPS) is 10.1. The second kappa shape index (κ2) is 6.77. The summed E-state index contributed by atoms with van der Waals surface area (Å²) in [7, 11) is 0. The van der Waals surface area contributed by atoms with Crippen LogP contribution in [-0.4, -0.2) is 23.7 Å². The molecule has 0 aliphatic rings. The highest BCUT2D eigenvalue weighted by Crippen LogP contribution is 2.19. The predicted molar refractivity (Wildman–Crippen MR) is 69.9 cm³/mol. The molecule has 0 aromatic heterocycles. The topological polar surface area (TPSA) is 43.4 Å². The maximum absolute atomic E-state index is 11.6. The van der Waals surface area contributed by atoms with Gasteiger partial charge in [0.25, 0.3) is 0 Å². The lowest BCUT2D eigenvalue weighted by Crippen LogP contribution is -2.08. The number of Topliss-reactive ketones (excluding diaryl/α,β-unsaturated/α-hetero) is 1. The third-order valence-electron chi connectivity index (χ3n) is 2.08. The van der Waals surface area contributed by atoms with Gasteiger partial charge in [0.05, 0.1) is 22.5 Å². The first-order valence-electron chi connectivity index (χ1n) is 5.11. The Morgan fingerprint density at radius 3 is 2.71 bits per heavy atom. The monoisotopic (exact) mass is 318 g/mol. The van der Waals surface area contributed by atoms with E-state index < -0.39 is 5.97 Å². The molecule has 0 aliphatic carbocycles. The first kappa shape index (κ1) is 14.2. The fourth-order valence-corrected chi connectivity index (χ4v) is 1.72. The van der Waals surface area contributed by atoms with E-state index in [-0.39, 0.29) is 12.2 Å². The SMILES string of the molecule is CCOC(=O)c1cc(CC(=O)CBr)ccc1Cl. The van der Waals surface area contributed by atoms with Crippen molar-refractivity contribution >= 4 is 39.3 Å². The molecule has 0 aliphatic heterocycles. The van der Waals surface area contributed by atoms with E-state index in [9.17, 15) is 9.59 Å². The summed E-state index contributed by atoms with van der Waals surface area (Å²) >= 11 is 8.99. The lowest BCUT2D eigenvalue weighted by Gasteiger charge is -2.06.